The molecule has 2 N–H and O–H groups in total. The van der Waals surface area contributed by atoms with Gasteiger partial charge in [-0.05, 0) is 69.6 Å². The molecule has 1 amide bonds. The van der Waals surface area contributed by atoms with Gasteiger partial charge in [-0.25, -0.2) is 4.98 Å². The van der Waals surface area contributed by atoms with E-state index in [1.165, 1.54) is 12.0 Å². The van der Waals surface area contributed by atoms with Crippen LogP contribution < -0.4 is 5.32 Å². The van der Waals surface area contributed by atoms with Crippen molar-refractivity contribution in [2.45, 2.75) is 70.4 Å². The normalized spacial score (nSPS) is 20.8. The lowest BCUT2D eigenvalue weighted by Crippen LogP contribution is -2.42. The number of amides is 1. The van der Waals surface area contributed by atoms with E-state index in [2.05, 4.69) is 27.9 Å². The number of carbonyl (C=O) groups excluding carboxylic acids is 1. The SMILES string of the molecule is Cc1ccc2nc(NC(=O)CC(C)(O)C3CCC3)n(C3CCC3)c2c1. The molecule has 1 aromatic heterocycles. The zero-order valence-electron chi connectivity index (χ0n) is 15.1. The molecule has 0 radical (unpaired) electrons. The Morgan fingerprint density at radius 1 is 1.32 bits per heavy atom. The van der Waals surface area contributed by atoms with E-state index >= 15 is 0 Å². The van der Waals surface area contributed by atoms with Crippen molar-refractivity contribution in [1.82, 2.24) is 9.55 Å². The predicted molar refractivity (Wildman–Crippen MR) is 98.6 cm³/mol. The van der Waals surface area contributed by atoms with Crippen molar-refractivity contribution in [2.24, 2.45) is 5.92 Å². The fraction of sp³-hybridized carbons (Fsp3) is 0.600. The van der Waals surface area contributed by atoms with Gasteiger partial charge in [-0.15, -0.1) is 0 Å². The summed E-state index contributed by atoms with van der Waals surface area (Å²) in [6.45, 7) is 3.86. The van der Waals surface area contributed by atoms with E-state index in [0.29, 0.717) is 12.0 Å². The molecule has 1 unspecified atom stereocenters. The van der Waals surface area contributed by atoms with E-state index in [4.69, 9.17) is 0 Å². The molecule has 0 bridgehead atoms. The summed E-state index contributed by atoms with van der Waals surface area (Å²) < 4.78 is 2.18. The number of aliphatic hydroxyl groups is 1. The number of hydrogen-bond acceptors (Lipinski definition) is 3. The van der Waals surface area contributed by atoms with Gasteiger partial charge in [0, 0.05) is 6.04 Å². The number of aryl methyl sites for hydroxylation is 1. The van der Waals surface area contributed by atoms with Crippen LogP contribution in [0.2, 0.25) is 0 Å². The number of imidazole rings is 1. The average molecular weight is 341 g/mol. The summed E-state index contributed by atoms with van der Waals surface area (Å²) in [5.41, 5.74) is 2.27. The number of nitrogens with one attached hydrogen (secondary N) is 1. The summed E-state index contributed by atoms with van der Waals surface area (Å²) in [6, 6.07) is 6.61. The fourth-order valence-electron chi connectivity index (χ4n) is 3.97. The molecule has 0 spiro atoms. The van der Waals surface area contributed by atoms with Crippen LogP contribution in [0.15, 0.2) is 18.2 Å². The second kappa shape index (κ2) is 6.13. The first-order valence-corrected chi connectivity index (χ1v) is 9.45. The lowest BCUT2D eigenvalue weighted by molar-refractivity contribution is -0.124. The molecule has 0 saturated heterocycles. The number of rotatable bonds is 5. The molecule has 134 valence electrons. The van der Waals surface area contributed by atoms with Crippen molar-refractivity contribution in [3.8, 4) is 0 Å². The third-order valence-electron chi connectivity index (χ3n) is 6.04. The van der Waals surface area contributed by atoms with E-state index in [9.17, 15) is 9.90 Å². The number of hydrogen-bond donors (Lipinski definition) is 2. The van der Waals surface area contributed by atoms with Crippen LogP contribution in [0.5, 0.6) is 0 Å². The minimum absolute atomic E-state index is 0.130. The highest BCUT2D eigenvalue weighted by atomic mass is 16.3. The zero-order valence-corrected chi connectivity index (χ0v) is 15.1. The molecule has 25 heavy (non-hydrogen) atoms. The smallest absolute Gasteiger partial charge is 0.229 e. The molecule has 0 aliphatic heterocycles. The largest absolute Gasteiger partial charge is 0.389 e. The van der Waals surface area contributed by atoms with E-state index in [1.807, 2.05) is 12.1 Å². The van der Waals surface area contributed by atoms with Crippen LogP contribution in [0.4, 0.5) is 5.95 Å². The maximum Gasteiger partial charge on any atom is 0.229 e. The van der Waals surface area contributed by atoms with Crippen molar-refractivity contribution in [3.05, 3.63) is 23.8 Å². The first kappa shape index (κ1) is 16.6. The molecule has 2 aromatic rings. The van der Waals surface area contributed by atoms with Crippen molar-refractivity contribution < 1.29 is 9.90 Å². The van der Waals surface area contributed by atoms with Gasteiger partial charge < -0.3 is 9.67 Å². The van der Waals surface area contributed by atoms with Crippen LogP contribution in [0.1, 0.15) is 63.5 Å². The number of benzene rings is 1. The van der Waals surface area contributed by atoms with Gasteiger partial charge in [-0.3, -0.25) is 10.1 Å². The Hall–Kier alpha value is -1.88. The summed E-state index contributed by atoms with van der Waals surface area (Å²) >= 11 is 0. The monoisotopic (exact) mass is 341 g/mol. The molecule has 2 aliphatic rings. The Morgan fingerprint density at radius 3 is 2.64 bits per heavy atom. The van der Waals surface area contributed by atoms with Crippen molar-refractivity contribution in [1.29, 1.82) is 0 Å². The third-order valence-corrected chi connectivity index (χ3v) is 6.04. The molecule has 1 aromatic carbocycles. The van der Waals surface area contributed by atoms with Crippen molar-refractivity contribution in [2.75, 3.05) is 5.32 Å². The quantitative estimate of drug-likeness (QED) is 0.865. The van der Waals surface area contributed by atoms with Gasteiger partial charge in [0.05, 0.1) is 23.1 Å². The van der Waals surface area contributed by atoms with Gasteiger partial charge in [0.2, 0.25) is 11.9 Å². The lowest BCUT2D eigenvalue weighted by atomic mass is 9.72. The second-order valence-corrected chi connectivity index (χ2v) is 8.09. The van der Waals surface area contributed by atoms with Crippen LogP contribution in [-0.2, 0) is 4.79 Å². The molecule has 5 heteroatoms. The number of nitrogens with zero attached hydrogens (tertiary/aromatic N) is 2. The fourth-order valence-corrected chi connectivity index (χ4v) is 3.97. The molecule has 1 atom stereocenters. The maximum atomic E-state index is 12.6. The van der Waals surface area contributed by atoms with Gasteiger partial charge in [0.15, 0.2) is 0 Å². The van der Waals surface area contributed by atoms with E-state index in [1.54, 1.807) is 6.92 Å². The van der Waals surface area contributed by atoms with E-state index in [0.717, 1.165) is 43.1 Å². The maximum absolute atomic E-state index is 12.6. The van der Waals surface area contributed by atoms with Gasteiger partial charge in [0.25, 0.3) is 0 Å². The minimum Gasteiger partial charge on any atom is -0.389 e. The van der Waals surface area contributed by atoms with Gasteiger partial charge in [0.1, 0.15) is 0 Å². The third kappa shape index (κ3) is 3.06. The number of fused-ring (bicyclic) bond motifs is 1. The van der Waals surface area contributed by atoms with E-state index < -0.39 is 5.60 Å². The predicted octanol–water partition coefficient (Wildman–Crippen LogP) is 3.95. The highest BCUT2D eigenvalue weighted by molar-refractivity contribution is 5.92. The van der Waals surface area contributed by atoms with Crippen LogP contribution in [0, 0.1) is 12.8 Å². The Kier molecular flexibility index (Phi) is 4.07. The molecule has 2 fully saturated rings. The van der Waals surface area contributed by atoms with Crippen molar-refractivity contribution >= 4 is 22.9 Å². The van der Waals surface area contributed by atoms with Crippen LogP contribution in [0.3, 0.4) is 0 Å². The van der Waals surface area contributed by atoms with Gasteiger partial charge in [-0.1, -0.05) is 12.5 Å². The zero-order chi connectivity index (χ0) is 17.6. The standard InChI is InChI=1S/C20H27N3O2/c1-13-9-10-16-17(11-13)23(15-7-4-8-15)19(21-16)22-18(24)12-20(2,25)14-5-3-6-14/h9-11,14-15,25H,3-8,12H2,1-2H3,(H,21,22,24). The Balaban J connectivity index is 1.59. The topological polar surface area (TPSA) is 67.2 Å². The summed E-state index contributed by atoms with van der Waals surface area (Å²) in [7, 11) is 0. The first-order valence-electron chi connectivity index (χ1n) is 9.45. The summed E-state index contributed by atoms with van der Waals surface area (Å²) in [4.78, 5) is 17.2. The van der Waals surface area contributed by atoms with Crippen LogP contribution >= 0.6 is 0 Å². The first-order chi connectivity index (χ1) is 11.9. The summed E-state index contributed by atoms with van der Waals surface area (Å²) in [6.07, 6.45) is 6.79. The number of aromatic nitrogens is 2. The molecule has 2 aliphatic carbocycles. The second-order valence-electron chi connectivity index (χ2n) is 8.09. The molecule has 1 heterocycles. The Bertz CT molecular complexity index is 801. The molecule has 4 rings (SSSR count). The number of carbonyl (C=O) groups is 1. The van der Waals surface area contributed by atoms with Gasteiger partial charge >= 0.3 is 0 Å². The molecule has 5 nitrogen and oxygen atoms in total. The molecule has 2 saturated carbocycles. The summed E-state index contributed by atoms with van der Waals surface area (Å²) in [5, 5.41) is 13.6. The van der Waals surface area contributed by atoms with Gasteiger partial charge in [-0.2, -0.15) is 0 Å². The van der Waals surface area contributed by atoms with Crippen molar-refractivity contribution in [3.63, 3.8) is 0 Å². The Morgan fingerprint density at radius 2 is 2.04 bits per heavy atom. The minimum atomic E-state index is -0.924. The van der Waals surface area contributed by atoms with Crippen LogP contribution in [-0.4, -0.2) is 26.2 Å². The number of anilines is 1. The average Bonchev–Trinajstić information content (AvgIpc) is 2.71. The van der Waals surface area contributed by atoms with E-state index in [-0.39, 0.29) is 18.2 Å². The summed E-state index contributed by atoms with van der Waals surface area (Å²) in [5.74, 6) is 0.718. The molecular formula is C20H27N3O2. The lowest BCUT2D eigenvalue weighted by Gasteiger charge is -2.38. The van der Waals surface area contributed by atoms with Crippen LogP contribution in [0.25, 0.3) is 11.0 Å². The molecular weight excluding hydrogens is 314 g/mol. The Labute approximate surface area is 148 Å². The highest BCUT2D eigenvalue weighted by Crippen LogP contribution is 2.39. The highest BCUT2D eigenvalue weighted by Gasteiger charge is 2.38.